The third-order valence-electron chi connectivity index (χ3n) is 5.17. The normalized spacial score (nSPS) is 42.1. The van der Waals surface area contributed by atoms with Crippen LogP contribution in [0.15, 0.2) is 30.3 Å². The van der Waals surface area contributed by atoms with Crippen LogP contribution in [0, 0.1) is 0 Å². The van der Waals surface area contributed by atoms with Crippen LogP contribution in [0.2, 0.25) is 0 Å². The lowest BCUT2D eigenvalue weighted by molar-refractivity contribution is -0.369. The van der Waals surface area contributed by atoms with Gasteiger partial charge in [-0.15, -0.1) is 0 Å². The molecule has 4 rings (SSSR count). The number of ether oxygens (including phenoxy) is 6. The van der Waals surface area contributed by atoms with E-state index in [2.05, 4.69) is 0 Å². The van der Waals surface area contributed by atoms with Crippen LogP contribution in [-0.4, -0.2) is 84.3 Å². The van der Waals surface area contributed by atoms with Crippen LogP contribution in [0.4, 0.5) is 0 Å². The van der Waals surface area contributed by atoms with Crippen molar-refractivity contribution in [3.8, 4) is 0 Å². The molecule has 28 heavy (non-hydrogen) atoms. The summed E-state index contributed by atoms with van der Waals surface area (Å²) in [5.74, 6) is 0. The first-order valence-corrected chi connectivity index (χ1v) is 9.44. The van der Waals surface area contributed by atoms with E-state index >= 15 is 0 Å². The van der Waals surface area contributed by atoms with Crippen LogP contribution >= 0.6 is 0 Å². The summed E-state index contributed by atoms with van der Waals surface area (Å²) >= 11 is 0. The third kappa shape index (κ3) is 4.09. The van der Waals surface area contributed by atoms with E-state index in [-0.39, 0.29) is 19.8 Å². The van der Waals surface area contributed by atoms with Crippen molar-refractivity contribution in [2.24, 2.45) is 0 Å². The van der Waals surface area contributed by atoms with Gasteiger partial charge in [-0.3, -0.25) is 0 Å². The lowest BCUT2D eigenvalue weighted by Crippen LogP contribution is -2.63. The maximum atomic E-state index is 10.6. The number of benzene rings is 1. The summed E-state index contributed by atoms with van der Waals surface area (Å²) in [6.07, 6.45) is -7.46. The summed E-state index contributed by atoms with van der Waals surface area (Å²) in [6, 6.07) is 9.34. The minimum Gasteiger partial charge on any atom is -0.394 e. The molecule has 1 aromatic carbocycles. The quantitative estimate of drug-likeness (QED) is 0.614. The largest absolute Gasteiger partial charge is 0.394 e. The summed E-state index contributed by atoms with van der Waals surface area (Å²) in [4.78, 5) is 0. The highest BCUT2D eigenvalue weighted by molar-refractivity contribution is 5.16. The van der Waals surface area contributed by atoms with Crippen molar-refractivity contribution in [3.05, 3.63) is 35.9 Å². The monoisotopic (exact) mass is 398 g/mol. The first kappa shape index (κ1) is 20.1. The van der Waals surface area contributed by atoms with Gasteiger partial charge in [0.25, 0.3) is 0 Å². The van der Waals surface area contributed by atoms with Crippen LogP contribution in [0.5, 0.6) is 0 Å². The second-order valence-corrected chi connectivity index (χ2v) is 7.13. The summed E-state index contributed by atoms with van der Waals surface area (Å²) in [5.41, 5.74) is 0.814. The van der Waals surface area contributed by atoms with Crippen molar-refractivity contribution in [1.82, 2.24) is 0 Å². The first-order valence-electron chi connectivity index (χ1n) is 9.44. The summed E-state index contributed by atoms with van der Waals surface area (Å²) in [7, 11) is 0. The molecular weight excluding hydrogens is 372 g/mol. The van der Waals surface area contributed by atoms with Crippen LogP contribution < -0.4 is 0 Å². The Kier molecular flexibility index (Phi) is 6.26. The lowest BCUT2D eigenvalue weighted by atomic mass is 9.97. The van der Waals surface area contributed by atoms with Gasteiger partial charge in [0.1, 0.15) is 36.6 Å². The summed E-state index contributed by atoms with van der Waals surface area (Å²) in [6.45, 7) is 1.82. The summed E-state index contributed by atoms with van der Waals surface area (Å²) < 4.78 is 33.9. The van der Waals surface area contributed by atoms with Gasteiger partial charge in [0.15, 0.2) is 18.9 Å². The molecule has 9 atom stereocenters. The fourth-order valence-electron chi connectivity index (χ4n) is 3.64. The molecule has 3 saturated heterocycles. The molecule has 3 fully saturated rings. The minimum atomic E-state index is -1.36. The zero-order chi connectivity index (χ0) is 19.7. The average molecular weight is 398 g/mol. The van der Waals surface area contributed by atoms with Crippen molar-refractivity contribution < 1.29 is 43.7 Å². The Bertz CT molecular complexity index is 627. The van der Waals surface area contributed by atoms with E-state index in [1.165, 1.54) is 0 Å². The van der Waals surface area contributed by atoms with Gasteiger partial charge < -0.3 is 43.7 Å². The number of hydrogen-bond donors (Lipinski definition) is 3. The van der Waals surface area contributed by atoms with Gasteiger partial charge in [-0.05, 0) is 6.92 Å². The predicted molar refractivity (Wildman–Crippen MR) is 92.9 cm³/mol. The molecular formula is C19H26O9. The highest BCUT2D eigenvalue weighted by Crippen LogP contribution is 2.35. The van der Waals surface area contributed by atoms with Crippen molar-refractivity contribution in [2.75, 3.05) is 19.8 Å². The van der Waals surface area contributed by atoms with E-state index in [1.807, 2.05) is 30.3 Å². The number of aliphatic hydroxyl groups excluding tert-OH is 3. The highest BCUT2D eigenvalue weighted by Gasteiger charge is 2.50. The zero-order valence-electron chi connectivity index (χ0n) is 15.5. The van der Waals surface area contributed by atoms with Gasteiger partial charge in [-0.2, -0.15) is 0 Å². The Labute approximate surface area is 162 Å². The van der Waals surface area contributed by atoms with E-state index in [1.54, 1.807) is 6.92 Å². The fraction of sp³-hybridized carbons (Fsp3) is 0.684. The molecule has 3 N–H and O–H groups in total. The van der Waals surface area contributed by atoms with E-state index in [0.717, 1.165) is 5.56 Å². The standard InChI is InChI=1S/C19H26O9/c1-10-23-8-13(25-10)12(7-20)26-19-16(22)15(21)17-14(27-19)9-24-18(28-17)11-5-3-2-4-6-11/h2-6,10,12-22H,7-9H2,1H3/t10?,12-,13?,14?,15?,16?,17+,18?,19+/m0/s1. The Hall–Kier alpha value is -1.14. The average Bonchev–Trinajstić information content (AvgIpc) is 3.16. The van der Waals surface area contributed by atoms with E-state index < -0.39 is 55.5 Å². The zero-order valence-corrected chi connectivity index (χ0v) is 15.5. The van der Waals surface area contributed by atoms with Gasteiger partial charge in [-0.25, -0.2) is 0 Å². The van der Waals surface area contributed by atoms with Crippen molar-refractivity contribution in [1.29, 1.82) is 0 Å². The van der Waals surface area contributed by atoms with E-state index in [4.69, 9.17) is 28.4 Å². The van der Waals surface area contributed by atoms with Gasteiger partial charge in [-0.1, -0.05) is 30.3 Å². The Balaban J connectivity index is 1.40. The van der Waals surface area contributed by atoms with Crippen LogP contribution in [0.3, 0.4) is 0 Å². The Morgan fingerprint density at radius 3 is 2.50 bits per heavy atom. The molecule has 3 heterocycles. The molecule has 9 heteroatoms. The maximum absolute atomic E-state index is 10.6. The Morgan fingerprint density at radius 1 is 1.04 bits per heavy atom. The molecule has 0 saturated carbocycles. The number of hydrogen-bond acceptors (Lipinski definition) is 9. The Morgan fingerprint density at radius 2 is 1.82 bits per heavy atom. The first-order chi connectivity index (χ1) is 13.6. The van der Waals surface area contributed by atoms with Gasteiger partial charge in [0.2, 0.25) is 0 Å². The van der Waals surface area contributed by atoms with Crippen molar-refractivity contribution in [3.63, 3.8) is 0 Å². The van der Waals surface area contributed by atoms with Crippen molar-refractivity contribution in [2.45, 2.75) is 62.4 Å². The molecule has 0 aromatic heterocycles. The molecule has 3 aliphatic rings. The van der Waals surface area contributed by atoms with Gasteiger partial charge in [0, 0.05) is 5.56 Å². The molecule has 156 valence electrons. The molecule has 0 radical (unpaired) electrons. The predicted octanol–water partition coefficient (Wildman–Crippen LogP) is -0.314. The molecule has 0 amide bonds. The number of rotatable bonds is 5. The number of aliphatic hydroxyl groups is 3. The van der Waals surface area contributed by atoms with Crippen LogP contribution in [-0.2, 0) is 28.4 Å². The maximum Gasteiger partial charge on any atom is 0.187 e. The van der Waals surface area contributed by atoms with E-state index in [0.29, 0.717) is 0 Å². The summed E-state index contributed by atoms with van der Waals surface area (Å²) in [5, 5.41) is 30.7. The second kappa shape index (κ2) is 8.70. The fourth-order valence-corrected chi connectivity index (χ4v) is 3.64. The molecule has 3 aliphatic heterocycles. The molecule has 0 spiro atoms. The molecule has 9 nitrogen and oxygen atoms in total. The van der Waals surface area contributed by atoms with Crippen LogP contribution in [0.25, 0.3) is 0 Å². The SMILES string of the molecule is CC1OCC([C@H](CO)O[C@@H]2OC3COC(c4ccccc4)O[C@H]3C(O)C2O)O1. The van der Waals surface area contributed by atoms with Gasteiger partial charge >= 0.3 is 0 Å². The van der Waals surface area contributed by atoms with E-state index in [9.17, 15) is 15.3 Å². The number of fused-ring (bicyclic) bond motifs is 1. The second-order valence-electron chi connectivity index (χ2n) is 7.13. The highest BCUT2D eigenvalue weighted by atomic mass is 16.8. The van der Waals surface area contributed by atoms with Crippen LogP contribution in [0.1, 0.15) is 18.8 Å². The third-order valence-corrected chi connectivity index (χ3v) is 5.17. The smallest absolute Gasteiger partial charge is 0.187 e. The molecule has 0 aliphatic carbocycles. The topological polar surface area (TPSA) is 116 Å². The minimum absolute atomic E-state index is 0.164. The lowest BCUT2D eigenvalue weighted by Gasteiger charge is -2.46. The van der Waals surface area contributed by atoms with Crippen molar-refractivity contribution >= 4 is 0 Å². The van der Waals surface area contributed by atoms with Gasteiger partial charge in [0.05, 0.1) is 19.8 Å². The molecule has 0 bridgehead atoms. The molecule has 6 unspecified atom stereocenters. The molecule has 1 aromatic rings.